The summed E-state index contributed by atoms with van der Waals surface area (Å²) >= 11 is 6.03. The fourth-order valence-electron chi connectivity index (χ4n) is 1.54. The second-order valence-corrected chi connectivity index (χ2v) is 4.17. The Morgan fingerprint density at radius 3 is 2.35 bits per heavy atom. The van der Waals surface area contributed by atoms with Gasteiger partial charge in [-0.2, -0.15) is 4.98 Å². The molecule has 4 N–H and O–H groups in total. The molecule has 2 aromatic rings. The number of rotatable bonds is 5. The summed E-state index contributed by atoms with van der Waals surface area (Å²) in [5.74, 6) is 7.24. The molecule has 7 nitrogen and oxygen atoms in total. The van der Waals surface area contributed by atoms with Gasteiger partial charge in [0.2, 0.25) is 5.95 Å². The molecule has 0 fully saturated rings. The van der Waals surface area contributed by atoms with Crippen LogP contribution in [0.4, 0.5) is 17.5 Å². The van der Waals surface area contributed by atoms with Gasteiger partial charge in [-0.25, -0.2) is 10.8 Å². The van der Waals surface area contributed by atoms with Gasteiger partial charge in [0.1, 0.15) is 16.5 Å². The molecule has 0 aliphatic carbocycles. The Hall–Kier alpha value is -2.25. The number of benzene rings is 1. The van der Waals surface area contributed by atoms with Crippen molar-refractivity contribution in [3.63, 3.8) is 0 Å². The minimum absolute atomic E-state index is 0.256. The van der Waals surface area contributed by atoms with E-state index in [9.17, 15) is 0 Å². The summed E-state index contributed by atoms with van der Waals surface area (Å²) in [5.41, 5.74) is 3.07. The maximum absolute atomic E-state index is 6.03. The number of anilines is 3. The van der Waals surface area contributed by atoms with Crippen LogP contribution in [0.5, 0.6) is 11.5 Å². The Morgan fingerprint density at radius 2 is 1.80 bits per heavy atom. The molecule has 0 aliphatic rings. The molecule has 0 saturated carbocycles. The van der Waals surface area contributed by atoms with Crippen LogP contribution in [0.1, 0.15) is 0 Å². The molecule has 1 aromatic heterocycles. The Morgan fingerprint density at radius 1 is 1.15 bits per heavy atom. The molecule has 0 unspecified atom stereocenters. The van der Waals surface area contributed by atoms with Crippen molar-refractivity contribution in [2.75, 3.05) is 25.0 Å². The van der Waals surface area contributed by atoms with Crippen LogP contribution in [0.2, 0.25) is 5.02 Å². The van der Waals surface area contributed by atoms with Crippen LogP contribution in [-0.2, 0) is 0 Å². The van der Waals surface area contributed by atoms with Gasteiger partial charge >= 0.3 is 0 Å². The number of nitrogens with one attached hydrogen (secondary N) is 2. The van der Waals surface area contributed by atoms with E-state index in [2.05, 4.69) is 20.7 Å². The highest BCUT2D eigenvalue weighted by Gasteiger charge is 2.07. The monoisotopic (exact) mass is 295 g/mol. The standard InChI is InChI=1S/C12H14ClN5O2/c1-19-8-3-7(4-9(5-8)20-2)16-11-10(13)6-15-12(17-11)18-14/h3-6H,14H2,1-2H3,(H2,15,16,17,18). The molecule has 20 heavy (non-hydrogen) atoms. The Labute approximate surface area is 121 Å². The molecular weight excluding hydrogens is 282 g/mol. The Balaban J connectivity index is 2.33. The molecule has 2 rings (SSSR count). The van der Waals surface area contributed by atoms with Crippen molar-refractivity contribution in [1.29, 1.82) is 0 Å². The van der Waals surface area contributed by atoms with E-state index in [-0.39, 0.29) is 5.95 Å². The van der Waals surface area contributed by atoms with E-state index in [1.165, 1.54) is 6.20 Å². The highest BCUT2D eigenvalue weighted by Crippen LogP contribution is 2.29. The van der Waals surface area contributed by atoms with Gasteiger partial charge in [0.25, 0.3) is 0 Å². The third kappa shape index (κ3) is 3.19. The molecule has 106 valence electrons. The average Bonchev–Trinajstić information content (AvgIpc) is 2.49. The van der Waals surface area contributed by atoms with Gasteiger partial charge in [0.15, 0.2) is 5.82 Å². The lowest BCUT2D eigenvalue weighted by atomic mass is 10.2. The zero-order valence-corrected chi connectivity index (χ0v) is 11.7. The van der Waals surface area contributed by atoms with Crippen LogP contribution in [0, 0.1) is 0 Å². The van der Waals surface area contributed by atoms with Crippen molar-refractivity contribution in [2.45, 2.75) is 0 Å². The van der Waals surface area contributed by atoms with Crippen molar-refractivity contribution >= 4 is 29.1 Å². The fourth-order valence-corrected chi connectivity index (χ4v) is 1.68. The number of nitrogen functional groups attached to an aromatic ring is 1. The van der Waals surface area contributed by atoms with Gasteiger partial charge in [-0.1, -0.05) is 11.6 Å². The van der Waals surface area contributed by atoms with Crippen LogP contribution in [0.25, 0.3) is 0 Å². The fraction of sp³-hybridized carbons (Fsp3) is 0.167. The quantitative estimate of drug-likeness (QED) is 0.575. The van der Waals surface area contributed by atoms with E-state index in [4.69, 9.17) is 26.9 Å². The van der Waals surface area contributed by atoms with Gasteiger partial charge in [0, 0.05) is 23.9 Å². The summed E-state index contributed by atoms with van der Waals surface area (Å²) in [6.07, 6.45) is 1.45. The number of aromatic nitrogens is 2. The normalized spacial score (nSPS) is 10.0. The maximum Gasteiger partial charge on any atom is 0.239 e. The number of hydrogen-bond donors (Lipinski definition) is 3. The minimum Gasteiger partial charge on any atom is -0.497 e. The first-order valence-electron chi connectivity index (χ1n) is 5.65. The smallest absolute Gasteiger partial charge is 0.239 e. The van der Waals surface area contributed by atoms with E-state index < -0.39 is 0 Å². The Bertz CT molecular complexity index is 586. The number of hydrogen-bond acceptors (Lipinski definition) is 7. The van der Waals surface area contributed by atoms with E-state index in [1.807, 2.05) is 0 Å². The highest BCUT2D eigenvalue weighted by molar-refractivity contribution is 6.32. The second-order valence-electron chi connectivity index (χ2n) is 3.76. The zero-order valence-electron chi connectivity index (χ0n) is 11.0. The van der Waals surface area contributed by atoms with Crippen LogP contribution >= 0.6 is 11.6 Å². The summed E-state index contributed by atoms with van der Waals surface area (Å²) in [7, 11) is 3.15. The SMILES string of the molecule is COc1cc(Nc2nc(NN)ncc2Cl)cc(OC)c1. The third-order valence-corrected chi connectivity index (χ3v) is 2.76. The van der Waals surface area contributed by atoms with Crippen LogP contribution in [0.3, 0.4) is 0 Å². The molecule has 0 radical (unpaired) electrons. The number of ether oxygens (including phenoxy) is 2. The summed E-state index contributed by atoms with van der Waals surface area (Å²) in [5, 5.41) is 3.42. The zero-order chi connectivity index (χ0) is 14.5. The lowest BCUT2D eigenvalue weighted by molar-refractivity contribution is 0.395. The van der Waals surface area contributed by atoms with Crippen molar-refractivity contribution < 1.29 is 9.47 Å². The van der Waals surface area contributed by atoms with Gasteiger partial charge in [-0.15, -0.1) is 0 Å². The maximum atomic E-state index is 6.03. The summed E-state index contributed by atoms with van der Waals surface area (Å²) < 4.78 is 10.4. The molecule has 0 saturated heterocycles. The lowest BCUT2D eigenvalue weighted by Crippen LogP contribution is -2.11. The number of methoxy groups -OCH3 is 2. The van der Waals surface area contributed by atoms with Crippen molar-refractivity contribution in [1.82, 2.24) is 9.97 Å². The molecule has 8 heteroatoms. The first-order chi connectivity index (χ1) is 9.66. The van der Waals surface area contributed by atoms with Crippen LogP contribution in [-0.4, -0.2) is 24.2 Å². The van der Waals surface area contributed by atoms with Crippen LogP contribution in [0.15, 0.2) is 24.4 Å². The van der Waals surface area contributed by atoms with Crippen molar-refractivity contribution in [3.8, 4) is 11.5 Å². The summed E-state index contributed by atoms with van der Waals surface area (Å²) in [6, 6.07) is 5.34. The Kier molecular flexibility index (Phi) is 4.44. The van der Waals surface area contributed by atoms with Crippen molar-refractivity contribution in [3.05, 3.63) is 29.4 Å². The molecule has 0 amide bonds. The van der Waals surface area contributed by atoms with Gasteiger partial charge in [-0.3, -0.25) is 5.43 Å². The first kappa shape index (κ1) is 14.2. The predicted molar refractivity (Wildman–Crippen MR) is 77.7 cm³/mol. The van der Waals surface area contributed by atoms with Crippen LogP contribution < -0.4 is 26.1 Å². The average molecular weight is 296 g/mol. The first-order valence-corrected chi connectivity index (χ1v) is 6.03. The molecule has 1 aromatic carbocycles. The predicted octanol–water partition coefficient (Wildman–Crippen LogP) is 2.18. The van der Waals surface area contributed by atoms with E-state index in [0.717, 1.165) is 0 Å². The molecule has 1 heterocycles. The third-order valence-electron chi connectivity index (χ3n) is 2.49. The highest BCUT2D eigenvalue weighted by atomic mass is 35.5. The number of hydrazine groups is 1. The molecule has 0 atom stereocenters. The number of nitrogens with two attached hydrogens (primary N) is 1. The lowest BCUT2D eigenvalue weighted by Gasteiger charge is -2.11. The van der Waals surface area contributed by atoms with E-state index in [0.29, 0.717) is 28.0 Å². The molecule has 0 spiro atoms. The van der Waals surface area contributed by atoms with Gasteiger partial charge < -0.3 is 14.8 Å². The topological polar surface area (TPSA) is 94.3 Å². The van der Waals surface area contributed by atoms with Gasteiger partial charge in [-0.05, 0) is 0 Å². The van der Waals surface area contributed by atoms with E-state index >= 15 is 0 Å². The number of halogens is 1. The molecule has 0 bridgehead atoms. The second kappa shape index (κ2) is 6.27. The summed E-state index contributed by atoms with van der Waals surface area (Å²) in [6.45, 7) is 0. The van der Waals surface area contributed by atoms with E-state index in [1.54, 1.807) is 32.4 Å². The minimum atomic E-state index is 0.256. The van der Waals surface area contributed by atoms with Crippen molar-refractivity contribution in [2.24, 2.45) is 5.84 Å². The molecule has 0 aliphatic heterocycles. The number of nitrogens with zero attached hydrogens (tertiary/aromatic N) is 2. The summed E-state index contributed by atoms with van der Waals surface area (Å²) in [4.78, 5) is 8.02. The van der Waals surface area contributed by atoms with Gasteiger partial charge in [0.05, 0.1) is 20.4 Å². The largest absolute Gasteiger partial charge is 0.497 e. The molecular formula is C12H14ClN5O2.